The highest BCUT2D eigenvalue weighted by atomic mass is 35.5. The zero-order valence-corrected chi connectivity index (χ0v) is 12.4. The van der Waals surface area contributed by atoms with Gasteiger partial charge in [0.15, 0.2) is 0 Å². The van der Waals surface area contributed by atoms with Gasteiger partial charge in [0.1, 0.15) is 0 Å². The molecule has 3 nitrogen and oxygen atoms in total. The van der Waals surface area contributed by atoms with Crippen molar-refractivity contribution in [2.45, 2.75) is 38.8 Å². The number of likely N-dealkylation sites (tertiary alicyclic amines) is 1. The Bertz CT molecular complexity index is 413. The average Bonchev–Trinajstić information content (AvgIpc) is 2.76. The number of carbonyl (C=O) groups excluding carboxylic acids is 1. The van der Waals surface area contributed by atoms with Gasteiger partial charge in [0.2, 0.25) is 5.91 Å². The van der Waals surface area contributed by atoms with Crippen molar-refractivity contribution in [2.24, 2.45) is 0 Å². The molecular weight excluding hydrogens is 268 g/mol. The molecule has 2 heterocycles. The van der Waals surface area contributed by atoms with Gasteiger partial charge in [0.25, 0.3) is 0 Å². The minimum atomic E-state index is 0.186. The Kier molecular flexibility index (Phi) is 4.65. The third-order valence-corrected chi connectivity index (χ3v) is 4.62. The lowest BCUT2D eigenvalue weighted by atomic mass is 10.0. The molecule has 1 aromatic heterocycles. The first-order valence-electron chi connectivity index (χ1n) is 6.31. The van der Waals surface area contributed by atoms with Crippen molar-refractivity contribution in [1.82, 2.24) is 10.2 Å². The molecule has 18 heavy (non-hydrogen) atoms. The average molecular weight is 287 g/mol. The predicted octanol–water partition coefficient (Wildman–Crippen LogP) is 3.06. The van der Waals surface area contributed by atoms with E-state index < -0.39 is 0 Å². The summed E-state index contributed by atoms with van der Waals surface area (Å²) in [6, 6.07) is 2.84. The molecule has 0 spiro atoms. The molecule has 1 aliphatic rings. The number of carbonyl (C=O) groups is 1. The highest BCUT2D eigenvalue weighted by Crippen LogP contribution is 2.25. The Balaban J connectivity index is 1.83. The molecule has 0 aromatic carbocycles. The molecule has 100 valence electrons. The summed E-state index contributed by atoms with van der Waals surface area (Å²) in [6.07, 6.45) is 2.06. The van der Waals surface area contributed by atoms with E-state index in [1.54, 1.807) is 18.3 Å². The van der Waals surface area contributed by atoms with Crippen LogP contribution in [0.2, 0.25) is 4.34 Å². The fourth-order valence-corrected chi connectivity index (χ4v) is 3.35. The van der Waals surface area contributed by atoms with Crippen molar-refractivity contribution in [3.63, 3.8) is 0 Å². The largest absolute Gasteiger partial charge is 0.343 e. The quantitative estimate of drug-likeness (QED) is 0.926. The van der Waals surface area contributed by atoms with Gasteiger partial charge in [-0.3, -0.25) is 4.79 Å². The van der Waals surface area contributed by atoms with E-state index in [0.29, 0.717) is 12.1 Å². The standard InChI is InChI=1S/C13H19ClN2OS/c1-9(11-7-13(14)18-8-11)15-12-3-5-16(6-4-12)10(2)17/h7-9,12,15H,3-6H2,1-2H3. The maximum absolute atomic E-state index is 11.2. The molecule has 1 fully saturated rings. The number of piperidine rings is 1. The van der Waals surface area contributed by atoms with Crippen molar-refractivity contribution < 1.29 is 4.79 Å². The third-order valence-electron chi connectivity index (χ3n) is 3.51. The minimum absolute atomic E-state index is 0.186. The first-order chi connectivity index (χ1) is 8.56. The molecule has 1 aromatic rings. The maximum atomic E-state index is 11.2. The van der Waals surface area contributed by atoms with Crippen LogP contribution in [0.3, 0.4) is 0 Å². The molecule has 1 atom stereocenters. The molecule has 0 saturated carbocycles. The van der Waals surface area contributed by atoms with Gasteiger partial charge in [-0.25, -0.2) is 0 Å². The molecule has 0 bridgehead atoms. The van der Waals surface area contributed by atoms with E-state index in [-0.39, 0.29) is 5.91 Å². The lowest BCUT2D eigenvalue weighted by molar-refractivity contribution is -0.129. The van der Waals surface area contributed by atoms with Crippen LogP contribution in [0.1, 0.15) is 38.3 Å². The van der Waals surface area contributed by atoms with E-state index >= 15 is 0 Å². The Hall–Kier alpha value is -0.580. The molecule has 1 saturated heterocycles. The summed E-state index contributed by atoms with van der Waals surface area (Å²) in [4.78, 5) is 13.2. The summed E-state index contributed by atoms with van der Waals surface area (Å²) in [5, 5.41) is 5.72. The van der Waals surface area contributed by atoms with E-state index in [1.807, 2.05) is 11.0 Å². The highest BCUT2D eigenvalue weighted by molar-refractivity contribution is 7.14. The second kappa shape index (κ2) is 6.04. The summed E-state index contributed by atoms with van der Waals surface area (Å²) >= 11 is 7.52. The predicted molar refractivity (Wildman–Crippen MR) is 76.2 cm³/mol. The Morgan fingerprint density at radius 1 is 1.56 bits per heavy atom. The van der Waals surface area contributed by atoms with Crippen LogP contribution < -0.4 is 5.32 Å². The topological polar surface area (TPSA) is 32.3 Å². The Morgan fingerprint density at radius 3 is 2.72 bits per heavy atom. The molecule has 0 radical (unpaired) electrons. The van der Waals surface area contributed by atoms with Crippen LogP contribution in [0.5, 0.6) is 0 Å². The van der Waals surface area contributed by atoms with Crippen LogP contribution in [-0.4, -0.2) is 29.9 Å². The number of nitrogens with one attached hydrogen (secondary N) is 1. The Labute approximate surface area is 117 Å². The zero-order chi connectivity index (χ0) is 13.1. The first-order valence-corrected chi connectivity index (χ1v) is 7.57. The molecule has 2 rings (SSSR count). The summed E-state index contributed by atoms with van der Waals surface area (Å²) in [5.41, 5.74) is 1.25. The summed E-state index contributed by atoms with van der Waals surface area (Å²) < 4.78 is 0.838. The monoisotopic (exact) mass is 286 g/mol. The number of thiophene rings is 1. The molecule has 1 unspecified atom stereocenters. The molecular formula is C13H19ClN2OS. The highest BCUT2D eigenvalue weighted by Gasteiger charge is 2.22. The number of hydrogen-bond acceptors (Lipinski definition) is 3. The van der Waals surface area contributed by atoms with E-state index in [9.17, 15) is 4.79 Å². The lowest BCUT2D eigenvalue weighted by Crippen LogP contribution is -2.44. The molecule has 1 amide bonds. The van der Waals surface area contributed by atoms with Crippen LogP contribution >= 0.6 is 22.9 Å². The van der Waals surface area contributed by atoms with Crippen LogP contribution in [0.4, 0.5) is 0 Å². The van der Waals surface area contributed by atoms with Gasteiger partial charge in [-0.2, -0.15) is 0 Å². The number of halogens is 1. The molecule has 5 heteroatoms. The fourth-order valence-electron chi connectivity index (χ4n) is 2.36. The van der Waals surface area contributed by atoms with E-state index in [2.05, 4.69) is 17.6 Å². The van der Waals surface area contributed by atoms with Gasteiger partial charge in [-0.1, -0.05) is 11.6 Å². The van der Waals surface area contributed by atoms with Crippen molar-refractivity contribution in [3.05, 3.63) is 21.3 Å². The van der Waals surface area contributed by atoms with Crippen molar-refractivity contribution in [1.29, 1.82) is 0 Å². The van der Waals surface area contributed by atoms with Crippen molar-refractivity contribution in [3.8, 4) is 0 Å². The van der Waals surface area contributed by atoms with Gasteiger partial charge in [-0.15, -0.1) is 11.3 Å². The van der Waals surface area contributed by atoms with Gasteiger partial charge in [-0.05, 0) is 36.8 Å². The maximum Gasteiger partial charge on any atom is 0.219 e. The lowest BCUT2D eigenvalue weighted by Gasteiger charge is -2.33. The van der Waals surface area contributed by atoms with Crippen molar-refractivity contribution in [2.75, 3.05) is 13.1 Å². The number of rotatable bonds is 3. The number of nitrogens with zero attached hydrogens (tertiary/aromatic N) is 1. The molecule has 0 aliphatic carbocycles. The van der Waals surface area contributed by atoms with Crippen LogP contribution in [0.15, 0.2) is 11.4 Å². The number of hydrogen-bond donors (Lipinski definition) is 1. The van der Waals surface area contributed by atoms with Gasteiger partial charge < -0.3 is 10.2 Å². The zero-order valence-electron chi connectivity index (χ0n) is 10.8. The van der Waals surface area contributed by atoms with Crippen LogP contribution in [0.25, 0.3) is 0 Å². The smallest absolute Gasteiger partial charge is 0.219 e. The Morgan fingerprint density at radius 2 is 2.22 bits per heavy atom. The van der Waals surface area contributed by atoms with E-state index in [0.717, 1.165) is 30.3 Å². The molecule has 1 N–H and O–H groups in total. The minimum Gasteiger partial charge on any atom is -0.343 e. The normalized spacial score (nSPS) is 18.9. The van der Waals surface area contributed by atoms with Gasteiger partial charge in [0, 0.05) is 32.1 Å². The van der Waals surface area contributed by atoms with E-state index in [4.69, 9.17) is 11.6 Å². The number of amides is 1. The second-order valence-corrected chi connectivity index (χ2v) is 6.40. The molecule has 1 aliphatic heterocycles. The second-order valence-electron chi connectivity index (χ2n) is 4.85. The summed E-state index contributed by atoms with van der Waals surface area (Å²) in [5.74, 6) is 0.186. The van der Waals surface area contributed by atoms with E-state index in [1.165, 1.54) is 5.56 Å². The third kappa shape index (κ3) is 3.46. The summed E-state index contributed by atoms with van der Waals surface area (Å²) in [7, 11) is 0. The van der Waals surface area contributed by atoms with Crippen molar-refractivity contribution >= 4 is 28.8 Å². The fraction of sp³-hybridized carbons (Fsp3) is 0.615. The van der Waals surface area contributed by atoms with Crippen LogP contribution in [0, 0.1) is 0 Å². The van der Waals surface area contributed by atoms with Gasteiger partial charge >= 0.3 is 0 Å². The van der Waals surface area contributed by atoms with Gasteiger partial charge in [0.05, 0.1) is 4.34 Å². The first kappa shape index (κ1) is 13.8. The SMILES string of the molecule is CC(=O)N1CCC(NC(C)c2csc(Cl)c2)CC1. The summed E-state index contributed by atoms with van der Waals surface area (Å²) in [6.45, 7) is 5.54. The van der Waals surface area contributed by atoms with Crippen LogP contribution in [-0.2, 0) is 4.79 Å².